The van der Waals surface area contributed by atoms with Crippen LogP contribution in [-0.2, 0) is 0 Å². The van der Waals surface area contributed by atoms with Crippen LogP contribution in [0.4, 0.5) is 5.69 Å². The molecule has 0 bridgehead atoms. The van der Waals surface area contributed by atoms with Gasteiger partial charge in [0.25, 0.3) is 5.91 Å². The first-order valence-corrected chi connectivity index (χ1v) is 6.64. The van der Waals surface area contributed by atoms with E-state index in [1.165, 1.54) is 0 Å². The van der Waals surface area contributed by atoms with Crippen molar-refractivity contribution in [3.8, 4) is 6.07 Å². The number of rotatable bonds is 2. The number of hydrogen-bond donors (Lipinski definition) is 2. The molecule has 0 aromatic heterocycles. The van der Waals surface area contributed by atoms with Crippen molar-refractivity contribution in [3.63, 3.8) is 0 Å². The Morgan fingerprint density at radius 2 is 2.05 bits per heavy atom. The van der Waals surface area contributed by atoms with E-state index in [1.54, 1.807) is 36.4 Å². The van der Waals surface area contributed by atoms with Gasteiger partial charge in [-0.1, -0.05) is 17.7 Å². The number of thiol groups is 1. The lowest BCUT2D eigenvalue weighted by Gasteiger charge is -2.10. The van der Waals surface area contributed by atoms with E-state index in [-0.39, 0.29) is 5.91 Å². The third kappa shape index (κ3) is 3.13. The number of nitrogens with one attached hydrogen (secondary N) is 1. The van der Waals surface area contributed by atoms with Gasteiger partial charge in [-0.2, -0.15) is 5.26 Å². The van der Waals surface area contributed by atoms with Crippen LogP contribution in [0.25, 0.3) is 0 Å². The van der Waals surface area contributed by atoms with Crippen LogP contribution in [-0.4, -0.2) is 5.91 Å². The number of carbonyl (C=O) groups excluding carboxylic acids is 1. The molecule has 0 saturated heterocycles. The molecule has 100 valence electrons. The molecule has 20 heavy (non-hydrogen) atoms. The summed E-state index contributed by atoms with van der Waals surface area (Å²) in [7, 11) is 0. The van der Waals surface area contributed by atoms with E-state index in [0.29, 0.717) is 26.7 Å². The number of aryl methyl sites for hydroxylation is 1. The molecule has 1 amide bonds. The maximum absolute atomic E-state index is 12.2. The summed E-state index contributed by atoms with van der Waals surface area (Å²) in [5.74, 6) is -0.330. The lowest BCUT2D eigenvalue weighted by Crippen LogP contribution is -2.13. The summed E-state index contributed by atoms with van der Waals surface area (Å²) >= 11 is 10.2. The van der Waals surface area contributed by atoms with Gasteiger partial charge in [0, 0.05) is 10.6 Å². The number of benzene rings is 2. The van der Waals surface area contributed by atoms with Crippen LogP contribution in [0.15, 0.2) is 41.3 Å². The molecule has 3 nitrogen and oxygen atoms in total. The van der Waals surface area contributed by atoms with Gasteiger partial charge in [0.2, 0.25) is 0 Å². The number of amides is 1. The number of halogens is 1. The molecule has 1 N–H and O–H groups in total. The van der Waals surface area contributed by atoms with E-state index in [1.807, 2.05) is 13.0 Å². The number of nitriles is 1. The zero-order valence-corrected chi connectivity index (χ0v) is 12.3. The first-order valence-electron chi connectivity index (χ1n) is 5.82. The fourth-order valence-corrected chi connectivity index (χ4v) is 2.11. The highest BCUT2D eigenvalue weighted by atomic mass is 35.5. The fraction of sp³-hybridized carbons (Fsp3) is 0.0667. The zero-order chi connectivity index (χ0) is 14.7. The van der Waals surface area contributed by atoms with E-state index in [0.717, 1.165) is 5.56 Å². The van der Waals surface area contributed by atoms with Gasteiger partial charge in [-0.05, 0) is 42.8 Å². The van der Waals surface area contributed by atoms with E-state index in [9.17, 15) is 4.79 Å². The average molecular weight is 303 g/mol. The molecule has 0 aliphatic carbocycles. The van der Waals surface area contributed by atoms with Crippen molar-refractivity contribution in [3.05, 3.63) is 58.1 Å². The maximum Gasteiger partial charge on any atom is 0.257 e. The molecule has 2 aromatic carbocycles. The van der Waals surface area contributed by atoms with Crippen LogP contribution >= 0.6 is 24.2 Å². The summed E-state index contributed by atoms with van der Waals surface area (Å²) in [6.45, 7) is 1.85. The Hall–Kier alpha value is -1.96. The summed E-state index contributed by atoms with van der Waals surface area (Å²) < 4.78 is 0. The molecule has 0 heterocycles. The van der Waals surface area contributed by atoms with Crippen molar-refractivity contribution in [2.75, 3.05) is 5.32 Å². The predicted molar refractivity (Wildman–Crippen MR) is 82.6 cm³/mol. The molecule has 0 aliphatic rings. The molecule has 0 unspecified atom stereocenters. The molecule has 2 rings (SSSR count). The summed E-state index contributed by atoms with van der Waals surface area (Å²) in [5, 5.41) is 12.0. The van der Waals surface area contributed by atoms with Gasteiger partial charge in [0.05, 0.1) is 22.2 Å². The third-order valence-electron chi connectivity index (χ3n) is 2.81. The molecule has 5 heteroatoms. The van der Waals surface area contributed by atoms with Crippen LogP contribution in [0.2, 0.25) is 5.02 Å². The summed E-state index contributed by atoms with van der Waals surface area (Å²) in [5.41, 5.74) is 2.30. The van der Waals surface area contributed by atoms with Gasteiger partial charge < -0.3 is 5.32 Å². The van der Waals surface area contributed by atoms with E-state index < -0.39 is 0 Å². The third-order valence-corrected chi connectivity index (χ3v) is 3.42. The van der Waals surface area contributed by atoms with Crippen LogP contribution in [0, 0.1) is 18.3 Å². The SMILES string of the molecule is Cc1ccc(C#N)cc1NC(=O)c1cc(S)ccc1Cl. The lowest BCUT2D eigenvalue weighted by molar-refractivity contribution is 0.102. The highest BCUT2D eigenvalue weighted by Gasteiger charge is 2.12. The summed E-state index contributed by atoms with van der Waals surface area (Å²) in [4.78, 5) is 12.9. The minimum absolute atomic E-state index is 0.330. The van der Waals surface area contributed by atoms with Crippen LogP contribution in [0.1, 0.15) is 21.5 Å². The number of nitrogens with zero attached hydrogens (tertiary/aromatic N) is 1. The molecule has 0 radical (unpaired) electrons. The minimum Gasteiger partial charge on any atom is -0.322 e. The Morgan fingerprint density at radius 1 is 1.30 bits per heavy atom. The topological polar surface area (TPSA) is 52.9 Å². The van der Waals surface area contributed by atoms with Crippen molar-refractivity contribution in [1.29, 1.82) is 5.26 Å². The van der Waals surface area contributed by atoms with Gasteiger partial charge >= 0.3 is 0 Å². The standard InChI is InChI=1S/C15H11ClN2OS/c1-9-2-3-10(8-17)6-14(9)18-15(19)12-7-11(20)4-5-13(12)16/h2-7,20H,1H3,(H,18,19). The first kappa shape index (κ1) is 14.4. The van der Waals surface area contributed by atoms with Crippen molar-refractivity contribution < 1.29 is 4.79 Å². The number of hydrogen-bond acceptors (Lipinski definition) is 3. The summed E-state index contributed by atoms with van der Waals surface area (Å²) in [6.07, 6.45) is 0. The van der Waals surface area contributed by atoms with Gasteiger partial charge in [0.1, 0.15) is 0 Å². The molecule has 0 saturated carbocycles. The number of carbonyl (C=O) groups is 1. The van der Waals surface area contributed by atoms with E-state index in [2.05, 4.69) is 17.9 Å². The lowest BCUT2D eigenvalue weighted by atomic mass is 10.1. The monoisotopic (exact) mass is 302 g/mol. The zero-order valence-electron chi connectivity index (χ0n) is 10.6. The van der Waals surface area contributed by atoms with Crippen molar-refractivity contribution >= 4 is 35.8 Å². The van der Waals surface area contributed by atoms with Gasteiger partial charge in [-0.3, -0.25) is 4.79 Å². The average Bonchev–Trinajstić information content (AvgIpc) is 2.43. The highest BCUT2D eigenvalue weighted by molar-refractivity contribution is 7.80. The Labute approximate surface area is 127 Å². The Kier molecular flexibility index (Phi) is 4.33. The fourth-order valence-electron chi connectivity index (χ4n) is 1.70. The van der Waals surface area contributed by atoms with Crippen molar-refractivity contribution in [1.82, 2.24) is 0 Å². The normalized spacial score (nSPS) is 9.90. The number of anilines is 1. The maximum atomic E-state index is 12.2. The second kappa shape index (κ2) is 6.00. The van der Waals surface area contributed by atoms with Crippen LogP contribution in [0.3, 0.4) is 0 Å². The quantitative estimate of drug-likeness (QED) is 0.822. The van der Waals surface area contributed by atoms with Crippen molar-refractivity contribution in [2.45, 2.75) is 11.8 Å². The largest absolute Gasteiger partial charge is 0.322 e. The second-order valence-corrected chi connectivity index (χ2v) is 5.18. The molecule has 2 aromatic rings. The minimum atomic E-state index is -0.330. The van der Waals surface area contributed by atoms with E-state index in [4.69, 9.17) is 16.9 Å². The summed E-state index contributed by atoms with van der Waals surface area (Å²) in [6, 6.07) is 12.1. The Balaban J connectivity index is 2.33. The molecule has 0 atom stereocenters. The first-order chi connectivity index (χ1) is 9.51. The molecule has 0 aliphatic heterocycles. The van der Waals surface area contributed by atoms with Crippen LogP contribution < -0.4 is 5.32 Å². The highest BCUT2D eigenvalue weighted by Crippen LogP contribution is 2.22. The predicted octanol–water partition coefficient (Wildman–Crippen LogP) is 4.06. The van der Waals surface area contributed by atoms with Gasteiger partial charge in [-0.25, -0.2) is 0 Å². The smallest absolute Gasteiger partial charge is 0.257 e. The Bertz CT molecular complexity index is 722. The molecular formula is C15H11ClN2OS. The molecule has 0 spiro atoms. The van der Waals surface area contributed by atoms with Gasteiger partial charge in [-0.15, -0.1) is 12.6 Å². The second-order valence-electron chi connectivity index (χ2n) is 4.26. The van der Waals surface area contributed by atoms with Gasteiger partial charge in [0.15, 0.2) is 0 Å². The molecule has 0 fully saturated rings. The molecular weight excluding hydrogens is 292 g/mol. The van der Waals surface area contributed by atoms with Crippen LogP contribution in [0.5, 0.6) is 0 Å². The van der Waals surface area contributed by atoms with Crippen molar-refractivity contribution in [2.24, 2.45) is 0 Å². The van der Waals surface area contributed by atoms with E-state index >= 15 is 0 Å². The Morgan fingerprint density at radius 3 is 2.75 bits per heavy atom.